The molecule has 0 N–H and O–H groups in total. The number of hydrogen-bond donors (Lipinski definition) is 0. The molecule has 0 radical (unpaired) electrons. The van der Waals surface area contributed by atoms with Crippen molar-refractivity contribution in [1.29, 1.82) is 0 Å². The molecule has 0 aliphatic carbocycles. The number of nitrogens with zero attached hydrogens (tertiary/aromatic N) is 3. The molecule has 162 valence electrons. The lowest BCUT2D eigenvalue weighted by molar-refractivity contribution is -0.133. The number of aryl methyl sites for hydroxylation is 1. The predicted octanol–water partition coefficient (Wildman–Crippen LogP) is 4.23. The average Bonchev–Trinajstić information content (AvgIpc) is 3.27. The quantitative estimate of drug-likeness (QED) is 0.553. The molecule has 3 aromatic rings. The molecular formula is C24H26FN3O2S. The van der Waals surface area contributed by atoms with Gasteiger partial charge in [0.1, 0.15) is 16.6 Å². The number of aromatic nitrogens is 1. The van der Waals surface area contributed by atoms with Gasteiger partial charge in [0.25, 0.3) is 0 Å². The zero-order valence-electron chi connectivity index (χ0n) is 17.6. The lowest BCUT2D eigenvalue weighted by Gasteiger charge is -2.34. The van der Waals surface area contributed by atoms with Gasteiger partial charge in [0.05, 0.1) is 12.8 Å². The Bertz CT molecular complexity index is 1010. The summed E-state index contributed by atoms with van der Waals surface area (Å²) in [7, 11) is 1.66. The summed E-state index contributed by atoms with van der Waals surface area (Å²) in [5.41, 5.74) is 2.74. The Balaban J connectivity index is 1.25. The van der Waals surface area contributed by atoms with Crippen molar-refractivity contribution in [1.82, 2.24) is 14.8 Å². The number of benzene rings is 2. The Kier molecular flexibility index (Phi) is 6.94. The van der Waals surface area contributed by atoms with Crippen molar-refractivity contribution in [2.45, 2.75) is 19.4 Å². The number of methoxy groups -OCH3 is 1. The second kappa shape index (κ2) is 10.0. The third kappa shape index (κ3) is 5.48. The van der Waals surface area contributed by atoms with Crippen LogP contribution in [-0.2, 0) is 17.8 Å². The van der Waals surface area contributed by atoms with Crippen molar-refractivity contribution in [2.24, 2.45) is 0 Å². The molecule has 1 aliphatic heterocycles. The largest absolute Gasteiger partial charge is 0.497 e. The van der Waals surface area contributed by atoms with Crippen LogP contribution in [0.3, 0.4) is 0 Å². The molecule has 1 aromatic heterocycles. The molecule has 0 unspecified atom stereocenters. The number of ether oxygens (including phenoxy) is 1. The van der Waals surface area contributed by atoms with Crippen LogP contribution in [0.15, 0.2) is 53.9 Å². The maximum atomic E-state index is 13.7. The van der Waals surface area contributed by atoms with Crippen LogP contribution in [0.1, 0.15) is 17.7 Å². The van der Waals surface area contributed by atoms with E-state index < -0.39 is 0 Å². The second-order valence-corrected chi connectivity index (χ2v) is 8.48. The number of amides is 1. The SMILES string of the molecule is COc1ccc(-c2nc(CN3CCN(C(=O)CCc4ccccc4F)CC3)cs2)cc1. The monoisotopic (exact) mass is 439 g/mol. The van der Waals surface area contributed by atoms with E-state index in [-0.39, 0.29) is 11.7 Å². The van der Waals surface area contributed by atoms with Crippen LogP contribution in [0, 0.1) is 5.82 Å². The van der Waals surface area contributed by atoms with Crippen LogP contribution in [0.4, 0.5) is 4.39 Å². The summed E-state index contributed by atoms with van der Waals surface area (Å²) in [6, 6.07) is 14.6. The van der Waals surface area contributed by atoms with Crippen LogP contribution in [0.25, 0.3) is 10.6 Å². The number of halogens is 1. The van der Waals surface area contributed by atoms with E-state index in [2.05, 4.69) is 10.3 Å². The van der Waals surface area contributed by atoms with E-state index in [0.29, 0.717) is 31.5 Å². The highest BCUT2D eigenvalue weighted by molar-refractivity contribution is 7.13. The Morgan fingerprint density at radius 1 is 1.10 bits per heavy atom. The summed E-state index contributed by atoms with van der Waals surface area (Å²) in [6.45, 7) is 3.82. The highest BCUT2D eigenvalue weighted by Gasteiger charge is 2.22. The first-order chi connectivity index (χ1) is 15.1. The molecule has 2 heterocycles. The number of rotatable bonds is 7. The molecule has 1 saturated heterocycles. The number of hydrogen-bond acceptors (Lipinski definition) is 5. The first-order valence-corrected chi connectivity index (χ1v) is 11.3. The van der Waals surface area contributed by atoms with Crippen molar-refractivity contribution in [3.8, 4) is 16.3 Å². The first-order valence-electron chi connectivity index (χ1n) is 10.4. The smallest absolute Gasteiger partial charge is 0.222 e. The lowest BCUT2D eigenvalue weighted by atomic mass is 10.1. The molecule has 0 spiro atoms. The van der Waals surface area contributed by atoms with Crippen molar-refractivity contribution in [3.05, 3.63) is 71.0 Å². The molecule has 31 heavy (non-hydrogen) atoms. The van der Waals surface area contributed by atoms with Gasteiger partial charge < -0.3 is 9.64 Å². The normalized spacial score (nSPS) is 14.6. The highest BCUT2D eigenvalue weighted by atomic mass is 32.1. The summed E-state index contributed by atoms with van der Waals surface area (Å²) >= 11 is 1.64. The molecular weight excluding hydrogens is 413 g/mol. The van der Waals surface area contributed by atoms with Gasteiger partial charge in [0.15, 0.2) is 0 Å². The van der Waals surface area contributed by atoms with Gasteiger partial charge >= 0.3 is 0 Å². The summed E-state index contributed by atoms with van der Waals surface area (Å²) in [5, 5.41) is 3.10. The van der Waals surface area contributed by atoms with Gasteiger partial charge in [-0.25, -0.2) is 9.37 Å². The number of thiazole rings is 1. The van der Waals surface area contributed by atoms with Gasteiger partial charge in [-0.2, -0.15) is 0 Å². The van der Waals surface area contributed by atoms with E-state index in [0.717, 1.165) is 41.6 Å². The van der Waals surface area contributed by atoms with Gasteiger partial charge in [0.2, 0.25) is 5.91 Å². The fourth-order valence-electron chi connectivity index (χ4n) is 3.73. The zero-order chi connectivity index (χ0) is 21.6. The van der Waals surface area contributed by atoms with Gasteiger partial charge in [-0.15, -0.1) is 11.3 Å². The summed E-state index contributed by atoms with van der Waals surface area (Å²) in [4.78, 5) is 21.5. The zero-order valence-corrected chi connectivity index (χ0v) is 18.4. The van der Waals surface area contributed by atoms with Crippen molar-refractivity contribution in [2.75, 3.05) is 33.3 Å². The molecule has 0 saturated carbocycles. The minimum Gasteiger partial charge on any atom is -0.497 e. The fraction of sp³-hybridized carbons (Fsp3) is 0.333. The third-order valence-corrected chi connectivity index (χ3v) is 6.51. The molecule has 1 amide bonds. The summed E-state index contributed by atoms with van der Waals surface area (Å²) in [6.07, 6.45) is 0.789. The van der Waals surface area contributed by atoms with E-state index in [1.807, 2.05) is 29.2 Å². The average molecular weight is 440 g/mol. The number of carbonyl (C=O) groups excluding carboxylic acids is 1. The van der Waals surface area contributed by atoms with Gasteiger partial charge in [-0.05, 0) is 42.3 Å². The number of piperazine rings is 1. The molecule has 2 aromatic carbocycles. The molecule has 1 aliphatic rings. The maximum Gasteiger partial charge on any atom is 0.222 e. The first kappa shape index (κ1) is 21.5. The Morgan fingerprint density at radius 2 is 1.84 bits per heavy atom. The van der Waals surface area contributed by atoms with E-state index in [1.165, 1.54) is 6.07 Å². The standard InChI is InChI=1S/C24H26FN3O2S/c1-30-21-9-6-19(7-10-21)24-26-20(17-31-24)16-27-12-14-28(15-13-27)23(29)11-8-18-4-2-3-5-22(18)25/h2-7,9-10,17H,8,11-16H2,1H3. The van der Waals surface area contributed by atoms with E-state index in [9.17, 15) is 9.18 Å². The maximum absolute atomic E-state index is 13.7. The number of carbonyl (C=O) groups is 1. The van der Waals surface area contributed by atoms with Crippen molar-refractivity contribution < 1.29 is 13.9 Å². The Hall–Kier alpha value is -2.77. The van der Waals surface area contributed by atoms with Gasteiger partial charge in [0, 0.05) is 50.1 Å². The summed E-state index contributed by atoms with van der Waals surface area (Å²) < 4.78 is 19.0. The van der Waals surface area contributed by atoms with Crippen LogP contribution < -0.4 is 4.74 Å². The van der Waals surface area contributed by atoms with E-state index >= 15 is 0 Å². The predicted molar refractivity (Wildman–Crippen MR) is 121 cm³/mol. The van der Waals surface area contributed by atoms with Crippen LogP contribution in [0.5, 0.6) is 5.75 Å². The van der Waals surface area contributed by atoms with E-state index in [4.69, 9.17) is 9.72 Å². The highest BCUT2D eigenvalue weighted by Crippen LogP contribution is 2.26. The fourth-order valence-corrected chi connectivity index (χ4v) is 4.55. The minimum absolute atomic E-state index is 0.0957. The molecule has 5 nitrogen and oxygen atoms in total. The Labute approximate surface area is 186 Å². The van der Waals surface area contributed by atoms with Gasteiger partial charge in [-0.1, -0.05) is 18.2 Å². The third-order valence-electron chi connectivity index (χ3n) is 5.57. The summed E-state index contributed by atoms with van der Waals surface area (Å²) in [5.74, 6) is 0.692. The van der Waals surface area contributed by atoms with Crippen LogP contribution in [-0.4, -0.2) is 54.0 Å². The molecule has 0 bridgehead atoms. The van der Waals surface area contributed by atoms with Crippen LogP contribution in [0.2, 0.25) is 0 Å². The van der Waals surface area contributed by atoms with E-state index in [1.54, 1.807) is 36.6 Å². The van der Waals surface area contributed by atoms with Crippen molar-refractivity contribution in [3.63, 3.8) is 0 Å². The topological polar surface area (TPSA) is 45.7 Å². The molecule has 7 heteroatoms. The lowest BCUT2D eigenvalue weighted by Crippen LogP contribution is -2.48. The Morgan fingerprint density at radius 3 is 2.55 bits per heavy atom. The minimum atomic E-state index is -0.239. The molecule has 0 atom stereocenters. The second-order valence-electron chi connectivity index (χ2n) is 7.62. The molecule has 1 fully saturated rings. The van der Waals surface area contributed by atoms with Crippen LogP contribution >= 0.6 is 11.3 Å². The molecule has 4 rings (SSSR count). The van der Waals surface area contributed by atoms with Crippen molar-refractivity contribution >= 4 is 17.2 Å². The van der Waals surface area contributed by atoms with Gasteiger partial charge in [-0.3, -0.25) is 9.69 Å².